The van der Waals surface area contributed by atoms with Crippen LogP contribution in [-0.4, -0.2) is 15.9 Å². The number of hydrogen-bond acceptors (Lipinski definition) is 4. The van der Waals surface area contributed by atoms with Gasteiger partial charge in [-0.25, -0.2) is 0 Å². The number of aromatic nitrogens is 1. The number of fused-ring (bicyclic) bond motifs is 3. The summed E-state index contributed by atoms with van der Waals surface area (Å²) in [7, 11) is 0. The molecule has 1 N–H and O–H groups in total. The van der Waals surface area contributed by atoms with E-state index in [4.69, 9.17) is 0 Å². The summed E-state index contributed by atoms with van der Waals surface area (Å²) in [6.45, 7) is 20.5. The van der Waals surface area contributed by atoms with Crippen LogP contribution in [0, 0.1) is 29.2 Å². The van der Waals surface area contributed by atoms with Crippen molar-refractivity contribution in [3.63, 3.8) is 0 Å². The van der Waals surface area contributed by atoms with E-state index in [9.17, 15) is 23.1 Å². The van der Waals surface area contributed by atoms with Crippen LogP contribution in [0.4, 0.5) is 13.2 Å². The Balaban J connectivity index is 0.000000359. The Kier molecular flexibility index (Phi) is 14.5. The van der Waals surface area contributed by atoms with Crippen molar-refractivity contribution >= 4 is 38.0 Å². The molecule has 0 spiro atoms. The van der Waals surface area contributed by atoms with Crippen LogP contribution in [0.5, 0.6) is 0 Å². The molecule has 0 atom stereocenters. The number of rotatable bonds is 10. The Labute approximate surface area is 331 Å². The van der Waals surface area contributed by atoms with E-state index in [0.29, 0.717) is 11.3 Å². The van der Waals surface area contributed by atoms with Gasteiger partial charge in [-0.2, -0.15) is 24.5 Å². The topological polar surface area (TPSA) is 50.2 Å². The number of halogens is 3. The molecule has 53 heavy (non-hydrogen) atoms. The van der Waals surface area contributed by atoms with E-state index >= 15 is 0 Å². The van der Waals surface area contributed by atoms with Crippen LogP contribution in [0.1, 0.15) is 104 Å². The maximum absolute atomic E-state index is 14.0. The van der Waals surface area contributed by atoms with Crippen LogP contribution in [0.25, 0.3) is 43.2 Å². The quantitative estimate of drug-likeness (QED) is 0.0863. The van der Waals surface area contributed by atoms with Gasteiger partial charge in [-0.3, -0.25) is 9.78 Å². The van der Waals surface area contributed by atoms with Crippen molar-refractivity contribution in [1.29, 1.82) is 0 Å². The summed E-state index contributed by atoms with van der Waals surface area (Å²) in [5.41, 5.74) is 1.74. The summed E-state index contributed by atoms with van der Waals surface area (Å²) in [5.74, 6) is 0.286. The molecule has 3 nitrogen and oxygen atoms in total. The number of ketones is 1. The van der Waals surface area contributed by atoms with Gasteiger partial charge in [-0.1, -0.05) is 133 Å². The monoisotopic (exact) mass is 921 g/mol. The molecule has 0 unspecified atom stereocenters. The standard InChI is InChI=1S/C30H25F3NS.C15H28O2.Ir/c1-18-13-24-22-8-6-5-7-21(22)14-25(28(24)35-18)27-15-23(26(17-34-27)30(31,32)33)20-11-9-19(10-12-20)16-29(2,3)4;1-7-14(5,8-2)12(16)11-13(17)15(6,9-3)10-4;/h5-13,15,17H,16H2,1-4H3;11,16H,7-10H2,1-6H3;/q-1;;/b;12-11-;. The molecule has 0 aliphatic carbocycles. The van der Waals surface area contributed by atoms with Crippen molar-refractivity contribution in [2.45, 2.75) is 108 Å². The van der Waals surface area contributed by atoms with Gasteiger partial charge in [0.2, 0.25) is 0 Å². The molecule has 287 valence electrons. The largest absolute Gasteiger partial charge is 0.512 e. The molecule has 3 aromatic carbocycles. The molecule has 0 aliphatic rings. The number of aryl methyl sites for hydroxylation is 1. The zero-order valence-corrected chi connectivity index (χ0v) is 35.9. The molecular formula is C45H53F3IrNO2S-. The fourth-order valence-electron chi connectivity index (χ4n) is 6.25. The molecule has 2 aromatic heterocycles. The summed E-state index contributed by atoms with van der Waals surface area (Å²) >= 11 is 1.61. The van der Waals surface area contributed by atoms with Crippen molar-refractivity contribution in [2.24, 2.45) is 16.2 Å². The number of pyridine rings is 1. The smallest absolute Gasteiger partial charge is 0.418 e. The van der Waals surface area contributed by atoms with Gasteiger partial charge in [-0.05, 0) is 70.7 Å². The normalized spacial score (nSPS) is 12.7. The summed E-state index contributed by atoms with van der Waals surface area (Å²) in [6, 6.07) is 22.5. The second-order valence-electron chi connectivity index (χ2n) is 15.6. The van der Waals surface area contributed by atoms with Crippen molar-refractivity contribution in [3.05, 3.63) is 101 Å². The maximum atomic E-state index is 14.0. The molecule has 2 heterocycles. The van der Waals surface area contributed by atoms with Gasteiger partial charge >= 0.3 is 6.18 Å². The first kappa shape index (κ1) is 44.1. The van der Waals surface area contributed by atoms with E-state index in [1.54, 1.807) is 29.5 Å². The van der Waals surface area contributed by atoms with Gasteiger partial charge in [-0.15, -0.1) is 17.5 Å². The summed E-state index contributed by atoms with van der Waals surface area (Å²) in [6.07, 6.45) is 2.06. The maximum Gasteiger partial charge on any atom is 0.418 e. The van der Waals surface area contributed by atoms with Crippen LogP contribution in [0.15, 0.2) is 78.7 Å². The van der Waals surface area contributed by atoms with Crippen LogP contribution in [0.2, 0.25) is 0 Å². The second-order valence-corrected chi connectivity index (χ2v) is 16.9. The minimum absolute atomic E-state index is 0. The number of thiophene rings is 1. The van der Waals surface area contributed by atoms with E-state index in [2.05, 4.69) is 44.0 Å². The molecule has 0 fully saturated rings. The first-order valence-corrected chi connectivity index (χ1v) is 19.1. The third-order valence-electron chi connectivity index (χ3n) is 10.6. The molecule has 0 saturated heterocycles. The van der Waals surface area contributed by atoms with Crippen molar-refractivity contribution < 1.29 is 43.2 Å². The molecule has 0 aliphatic heterocycles. The molecule has 5 aromatic rings. The van der Waals surface area contributed by atoms with Crippen LogP contribution >= 0.6 is 11.3 Å². The van der Waals surface area contributed by atoms with Crippen molar-refractivity contribution in [1.82, 2.24) is 4.98 Å². The van der Waals surface area contributed by atoms with E-state index in [1.807, 2.05) is 78.8 Å². The van der Waals surface area contributed by atoms with Crippen molar-refractivity contribution in [2.75, 3.05) is 0 Å². The summed E-state index contributed by atoms with van der Waals surface area (Å²) in [4.78, 5) is 17.6. The van der Waals surface area contributed by atoms with Crippen LogP contribution in [-0.2, 0) is 37.5 Å². The second kappa shape index (κ2) is 17.4. The van der Waals surface area contributed by atoms with Gasteiger partial charge in [0.1, 0.15) is 5.76 Å². The SMILES string of the molecule is CCC(C)(CC)C(=O)/C=C(\O)C(C)(CC)CC.Cc1cc2c(s1)c(-c1cc(-c3ccc(CC(C)(C)C)cc3)c(C(F)(F)F)cn1)[c-]c1ccccc12.[Ir]. The number of alkyl halides is 3. The van der Waals surface area contributed by atoms with Crippen LogP contribution < -0.4 is 0 Å². The molecular weight excluding hydrogens is 868 g/mol. The Morgan fingerprint density at radius 3 is 1.98 bits per heavy atom. The predicted octanol–water partition coefficient (Wildman–Crippen LogP) is 14.1. The van der Waals surface area contributed by atoms with Gasteiger partial charge in [0.15, 0.2) is 5.78 Å². The Bertz CT molecular complexity index is 2050. The zero-order chi connectivity index (χ0) is 38.6. The van der Waals surface area contributed by atoms with Gasteiger partial charge in [0.25, 0.3) is 0 Å². The van der Waals surface area contributed by atoms with E-state index in [1.165, 1.54) is 6.08 Å². The van der Waals surface area contributed by atoms with E-state index < -0.39 is 11.7 Å². The molecule has 0 saturated carbocycles. The third kappa shape index (κ3) is 10.3. The van der Waals surface area contributed by atoms with Gasteiger partial charge < -0.3 is 5.11 Å². The average Bonchev–Trinajstić information content (AvgIpc) is 3.51. The Morgan fingerprint density at radius 1 is 0.849 bits per heavy atom. The fourth-order valence-corrected chi connectivity index (χ4v) is 7.29. The van der Waals surface area contributed by atoms with E-state index in [-0.39, 0.29) is 53.5 Å². The molecule has 8 heteroatoms. The number of aliphatic hydroxyl groups excluding tert-OH is 1. The van der Waals surface area contributed by atoms with E-state index in [0.717, 1.165) is 75.2 Å². The predicted molar refractivity (Wildman–Crippen MR) is 213 cm³/mol. The first-order valence-electron chi connectivity index (χ1n) is 18.3. The molecule has 0 bridgehead atoms. The Hall–Kier alpha value is -3.32. The average molecular weight is 921 g/mol. The number of carbonyl (C=O) groups excluding carboxylic acids is 1. The number of nitrogens with zero attached hydrogens (tertiary/aromatic N) is 1. The molecule has 0 amide bonds. The molecule has 5 rings (SSSR count). The Morgan fingerprint density at radius 2 is 1.43 bits per heavy atom. The number of allylic oxidation sites excluding steroid dienone is 2. The third-order valence-corrected chi connectivity index (χ3v) is 11.7. The van der Waals surface area contributed by atoms with Crippen molar-refractivity contribution in [3.8, 4) is 22.4 Å². The van der Waals surface area contributed by atoms with Gasteiger partial charge in [0.05, 0.1) is 5.56 Å². The summed E-state index contributed by atoms with van der Waals surface area (Å²) in [5, 5.41) is 13.2. The zero-order valence-electron chi connectivity index (χ0n) is 32.6. The van der Waals surface area contributed by atoms with Gasteiger partial charge in [0, 0.05) is 48.9 Å². The summed E-state index contributed by atoms with van der Waals surface area (Å²) < 4.78 is 43.0. The minimum atomic E-state index is -4.51. The van der Waals surface area contributed by atoms with Crippen LogP contribution in [0.3, 0.4) is 0 Å². The fraction of sp³-hybridized carbons (Fsp3) is 0.422. The first-order chi connectivity index (χ1) is 24.3. The molecule has 1 radical (unpaired) electrons. The number of benzene rings is 3. The number of hydrogen-bond donors (Lipinski definition) is 1. The number of aliphatic hydroxyl groups is 1. The minimum Gasteiger partial charge on any atom is -0.512 e. The number of carbonyl (C=O) groups is 1.